The van der Waals surface area contributed by atoms with Crippen molar-refractivity contribution in [3.05, 3.63) is 68.7 Å². The maximum absolute atomic E-state index is 6.42. The summed E-state index contributed by atoms with van der Waals surface area (Å²) in [5.74, 6) is 0. The topological polar surface area (TPSA) is 26.0 Å². The Morgan fingerprint density at radius 1 is 0.889 bits per heavy atom. The molecule has 0 aliphatic carbocycles. The van der Waals surface area contributed by atoms with E-state index < -0.39 is 0 Å². The van der Waals surface area contributed by atoms with Crippen LogP contribution in [0.3, 0.4) is 0 Å². The van der Waals surface area contributed by atoms with E-state index in [2.05, 4.69) is 61.0 Å². The zero-order valence-corrected chi connectivity index (χ0v) is 12.6. The summed E-state index contributed by atoms with van der Waals surface area (Å²) < 4.78 is 1.14. The van der Waals surface area contributed by atoms with Crippen molar-refractivity contribution in [1.29, 1.82) is 0 Å². The van der Waals surface area contributed by atoms with Gasteiger partial charge in [0.2, 0.25) is 0 Å². The van der Waals surface area contributed by atoms with Crippen LogP contribution in [0.2, 0.25) is 0 Å². The second kappa shape index (κ2) is 5.25. The van der Waals surface area contributed by atoms with E-state index in [1.165, 1.54) is 27.8 Å². The Morgan fingerprint density at radius 3 is 2.22 bits per heavy atom. The van der Waals surface area contributed by atoms with E-state index in [4.69, 9.17) is 5.73 Å². The van der Waals surface area contributed by atoms with Gasteiger partial charge in [0, 0.05) is 4.47 Å². The largest absolute Gasteiger partial charge is 0.320 e. The predicted molar refractivity (Wildman–Crippen MR) is 80.8 cm³/mol. The average molecular weight is 304 g/mol. The summed E-state index contributed by atoms with van der Waals surface area (Å²) in [5, 5.41) is 0. The van der Waals surface area contributed by atoms with Crippen molar-refractivity contribution in [2.45, 2.75) is 26.8 Å². The van der Waals surface area contributed by atoms with Gasteiger partial charge in [0.05, 0.1) is 6.04 Å². The predicted octanol–water partition coefficient (Wildman–Crippen LogP) is 4.42. The minimum absolute atomic E-state index is 0.0574. The molecular weight excluding hydrogens is 286 g/mol. The van der Waals surface area contributed by atoms with Crippen LogP contribution in [0.1, 0.15) is 33.9 Å². The number of rotatable bonds is 2. The minimum Gasteiger partial charge on any atom is -0.320 e. The summed E-state index contributed by atoms with van der Waals surface area (Å²) in [6.07, 6.45) is 0. The van der Waals surface area contributed by atoms with Gasteiger partial charge in [0.25, 0.3) is 0 Å². The molecule has 0 radical (unpaired) electrons. The molecule has 0 spiro atoms. The Hall–Kier alpha value is -1.12. The summed E-state index contributed by atoms with van der Waals surface area (Å²) in [5.41, 5.74) is 12.5. The highest BCUT2D eigenvalue weighted by Crippen LogP contribution is 2.29. The van der Waals surface area contributed by atoms with E-state index in [0.717, 1.165) is 4.47 Å². The number of hydrogen-bond acceptors (Lipinski definition) is 1. The second-order valence-electron chi connectivity index (χ2n) is 4.79. The minimum atomic E-state index is -0.0574. The summed E-state index contributed by atoms with van der Waals surface area (Å²) in [4.78, 5) is 0. The number of nitrogens with two attached hydrogens (primary N) is 1. The zero-order chi connectivity index (χ0) is 13.3. The monoisotopic (exact) mass is 303 g/mol. The lowest BCUT2D eigenvalue weighted by atomic mass is 9.92. The van der Waals surface area contributed by atoms with Gasteiger partial charge in [-0.25, -0.2) is 0 Å². The second-order valence-corrected chi connectivity index (χ2v) is 5.65. The molecule has 18 heavy (non-hydrogen) atoms. The van der Waals surface area contributed by atoms with Crippen molar-refractivity contribution in [2.75, 3.05) is 0 Å². The highest BCUT2D eigenvalue weighted by molar-refractivity contribution is 9.10. The van der Waals surface area contributed by atoms with Gasteiger partial charge < -0.3 is 5.73 Å². The summed E-state index contributed by atoms with van der Waals surface area (Å²) in [7, 11) is 0. The van der Waals surface area contributed by atoms with Gasteiger partial charge in [0.1, 0.15) is 0 Å². The van der Waals surface area contributed by atoms with E-state index in [1.54, 1.807) is 0 Å². The molecule has 0 saturated carbocycles. The van der Waals surface area contributed by atoms with Gasteiger partial charge >= 0.3 is 0 Å². The SMILES string of the molecule is Cc1cc(C(N)c2ccccc2C)c(C)cc1Br. The molecule has 1 atom stereocenters. The Kier molecular flexibility index (Phi) is 3.88. The van der Waals surface area contributed by atoms with Crippen LogP contribution in [0.25, 0.3) is 0 Å². The lowest BCUT2D eigenvalue weighted by Gasteiger charge is -2.18. The number of hydrogen-bond donors (Lipinski definition) is 1. The van der Waals surface area contributed by atoms with Crippen LogP contribution in [-0.4, -0.2) is 0 Å². The quantitative estimate of drug-likeness (QED) is 0.873. The standard InChI is InChI=1S/C16H18BrN/c1-10-6-4-5-7-13(10)16(18)14-8-12(3)15(17)9-11(14)2/h4-9,16H,18H2,1-3H3. The van der Waals surface area contributed by atoms with Gasteiger partial charge in [-0.15, -0.1) is 0 Å². The van der Waals surface area contributed by atoms with Crippen LogP contribution in [0.15, 0.2) is 40.9 Å². The van der Waals surface area contributed by atoms with Crippen LogP contribution in [-0.2, 0) is 0 Å². The number of halogens is 1. The number of benzene rings is 2. The molecule has 0 fully saturated rings. The maximum Gasteiger partial charge on any atom is 0.0556 e. The molecule has 94 valence electrons. The van der Waals surface area contributed by atoms with Crippen LogP contribution >= 0.6 is 15.9 Å². The first kappa shape index (κ1) is 13.3. The molecule has 2 heteroatoms. The van der Waals surface area contributed by atoms with Gasteiger partial charge in [-0.3, -0.25) is 0 Å². The molecule has 2 N–H and O–H groups in total. The first-order chi connectivity index (χ1) is 8.50. The molecule has 2 rings (SSSR count). The first-order valence-electron chi connectivity index (χ1n) is 6.08. The highest BCUT2D eigenvalue weighted by Gasteiger charge is 2.14. The van der Waals surface area contributed by atoms with E-state index >= 15 is 0 Å². The molecule has 2 aromatic carbocycles. The van der Waals surface area contributed by atoms with E-state index in [-0.39, 0.29) is 6.04 Å². The van der Waals surface area contributed by atoms with Crippen molar-refractivity contribution in [2.24, 2.45) is 5.73 Å². The van der Waals surface area contributed by atoms with Crippen molar-refractivity contribution < 1.29 is 0 Å². The van der Waals surface area contributed by atoms with Gasteiger partial charge in [-0.05, 0) is 54.7 Å². The molecule has 0 amide bonds. The first-order valence-corrected chi connectivity index (χ1v) is 6.87. The Bertz CT molecular complexity index is 575. The maximum atomic E-state index is 6.42. The van der Waals surface area contributed by atoms with Crippen molar-refractivity contribution in [3.8, 4) is 0 Å². The third kappa shape index (κ3) is 2.50. The van der Waals surface area contributed by atoms with Crippen LogP contribution in [0.4, 0.5) is 0 Å². The van der Waals surface area contributed by atoms with E-state index in [0.29, 0.717) is 0 Å². The third-order valence-electron chi connectivity index (χ3n) is 3.41. The Balaban J connectivity index is 2.50. The Labute approximate surface area is 117 Å². The fourth-order valence-corrected chi connectivity index (χ4v) is 2.70. The molecule has 0 heterocycles. The van der Waals surface area contributed by atoms with Crippen LogP contribution < -0.4 is 5.73 Å². The normalized spacial score (nSPS) is 12.5. The van der Waals surface area contributed by atoms with E-state index in [1.807, 2.05) is 12.1 Å². The average Bonchev–Trinajstić information content (AvgIpc) is 2.33. The fraction of sp³-hybridized carbons (Fsp3) is 0.250. The van der Waals surface area contributed by atoms with Crippen molar-refractivity contribution in [3.63, 3.8) is 0 Å². The van der Waals surface area contributed by atoms with Gasteiger partial charge in [-0.2, -0.15) is 0 Å². The van der Waals surface area contributed by atoms with Crippen molar-refractivity contribution >= 4 is 15.9 Å². The third-order valence-corrected chi connectivity index (χ3v) is 4.26. The van der Waals surface area contributed by atoms with Crippen LogP contribution in [0, 0.1) is 20.8 Å². The molecule has 0 bridgehead atoms. The van der Waals surface area contributed by atoms with Gasteiger partial charge in [-0.1, -0.05) is 46.3 Å². The molecule has 0 aromatic heterocycles. The number of aryl methyl sites for hydroxylation is 3. The Morgan fingerprint density at radius 2 is 1.56 bits per heavy atom. The van der Waals surface area contributed by atoms with E-state index in [9.17, 15) is 0 Å². The van der Waals surface area contributed by atoms with Crippen LogP contribution in [0.5, 0.6) is 0 Å². The highest BCUT2D eigenvalue weighted by atomic mass is 79.9. The molecule has 2 aromatic rings. The molecule has 1 unspecified atom stereocenters. The van der Waals surface area contributed by atoms with Gasteiger partial charge in [0.15, 0.2) is 0 Å². The summed E-state index contributed by atoms with van der Waals surface area (Å²) in [6.45, 7) is 6.31. The fourth-order valence-electron chi connectivity index (χ4n) is 2.24. The zero-order valence-electron chi connectivity index (χ0n) is 11.0. The lowest BCUT2D eigenvalue weighted by Crippen LogP contribution is -2.14. The van der Waals surface area contributed by atoms with Crippen molar-refractivity contribution in [1.82, 2.24) is 0 Å². The molecular formula is C16H18BrN. The molecule has 0 aliphatic rings. The molecule has 1 nitrogen and oxygen atoms in total. The lowest BCUT2D eigenvalue weighted by molar-refractivity contribution is 0.850. The smallest absolute Gasteiger partial charge is 0.0556 e. The summed E-state index contributed by atoms with van der Waals surface area (Å²) >= 11 is 3.56. The molecule has 0 aliphatic heterocycles. The molecule has 0 saturated heterocycles. The summed E-state index contributed by atoms with van der Waals surface area (Å²) in [6, 6.07) is 12.6.